The Morgan fingerprint density at radius 2 is 2.11 bits per heavy atom. The normalized spacial score (nSPS) is 9.95. The molecular weight excluding hydrogens is 316 g/mol. The Labute approximate surface area is 116 Å². The van der Waals surface area contributed by atoms with Gasteiger partial charge in [0, 0.05) is 12.3 Å². The predicted octanol–water partition coefficient (Wildman–Crippen LogP) is 3.36. The van der Waals surface area contributed by atoms with Crippen LogP contribution in [0.15, 0.2) is 41.0 Å². The molecule has 0 atom stereocenters. The summed E-state index contributed by atoms with van der Waals surface area (Å²) < 4.78 is 5.80. The van der Waals surface area contributed by atoms with Crippen molar-refractivity contribution in [2.75, 3.05) is 0 Å². The van der Waals surface area contributed by atoms with Gasteiger partial charge < -0.3 is 4.74 Å². The summed E-state index contributed by atoms with van der Waals surface area (Å²) in [4.78, 5) is 25.1. The minimum Gasteiger partial charge on any atom is -0.430 e. The molecule has 0 saturated carbocycles. The van der Waals surface area contributed by atoms with Gasteiger partial charge in [-0.15, -0.1) is 0 Å². The lowest BCUT2D eigenvalue weighted by molar-refractivity contribution is -0.385. The Morgan fingerprint density at radius 1 is 1.32 bits per heavy atom. The van der Waals surface area contributed by atoms with Crippen molar-refractivity contribution in [3.8, 4) is 11.6 Å². The number of nitro groups is 1. The summed E-state index contributed by atoms with van der Waals surface area (Å²) in [6, 6.07) is 7.52. The van der Waals surface area contributed by atoms with E-state index in [1.54, 1.807) is 12.1 Å². The maximum absolute atomic E-state index is 10.9. The number of hydrogen-bond acceptors (Lipinski definition) is 5. The van der Waals surface area contributed by atoms with E-state index in [0.29, 0.717) is 10.8 Å². The summed E-state index contributed by atoms with van der Waals surface area (Å²) in [6.07, 6.45) is 2.01. The van der Waals surface area contributed by atoms with E-state index < -0.39 is 4.92 Å². The minimum absolute atomic E-state index is 0.00861. The molecule has 0 radical (unpaired) electrons. The molecule has 96 valence electrons. The summed E-state index contributed by atoms with van der Waals surface area (Å²) >= 11 is 3.17. The van der Waals surface area contributed by atoms with Crippen LogP contribution >= 0.6 is 15.9 Å². The zero-order chi connectivity index (χ0) is 13.8. The fourth-order valence-electron chi connectivity index (χ4n) is 1.42. The molecule has 0 aliphatic heterocycles. The molecule has 1 heterocycles. The number of ether oxygens (including phenoxy) is 1. The molecule has 19 heavy (non-hydrogen) atoms. The molecule has 0 bridgehead atoms. The molecule has 2 rings (SSSR count). The Hall–Kier alpha value is -2.28. The molecule has 0 spiro atoms. The van der Waals surface area contributed by atoms with Gasteiger partial charge in [0.1, 0.15) is 0 Å². The summed E-state index contributed by atoms with van der Waals surface area (Å²) in [5, 5.41) is 10.9. The predicted molar refractivity (Wildman–Crippen MR) is 70.5 cm³/mol. The number of para-hydroxylation sites is 1. The molecule has 0 aliphatic carbocycles. The fourth-order valence-corrected chi connectivity index (χ4v) is 1.85. The smallest absolute Gasteiger partial charge is 0.312 e. The molecule has 1 aromatic heterocycles. The van der Waals surface area contributed by atoms with Crippen molar-refractivity contribution in [3.63, 3.8) is 0 Å². The highest BCUT2D eigenvalue weighted by Gasteiger charge is 2.20. The van der Waals surface area contributed by atoms with Gasteiger partial charge in [0.2, 0.25) is 11.6 Å². The molecule has 0 unspecified atom stereocenters. The van der Waals surface area contributed by atoms with Crippen LogP contribution in [0.5, 0.6) is 11.6 Å². The van der Waals surface area contributed by atoms with Gasteiger partial charge in [-0.2, -0.15) is 0 Å². The average Bonchev–Trinajstić information content (AvgIpc) is 2.41. The van der Waals surface area contributed by atoms with Gasteiger partial charge in [0.05, 0.1) is 15.0 Å². The quantitative estimate of drug-likeness (QED) is 0.489. The van der Waals surface area contributed by atoms with Gasteiger partial charge in [-0.25, -0.2) is 4.98 Å². The van der Waals surface area contributed by atoms with Gasteiger partial charge in [0.15, 0.2) is 6.29 Å². The zero-order valence-electron chi connectivity index (χ0n) is 9.45. The number of aromatic nitrogens is 1. The third-order valence-electron chi connectivity index (χ3n) is 2.27. The molecule has 2 aromatic rings. The van der Waals surface area contributed by atoms with Crippen molar-refractivity contribution in [2.24, 2.45) is 0 Å². The second-order valence-corrected chi connectivity index (χ2v) is 4.32. The van der Waals surface area contributed by atoms with Crippen LogP contribution in [0.4, 0.5) is 5.69 Å². The Kier molecular flexibility index (Phi) is 3.86. The molecule has 0 amide bonds. The molecule has 0 saturated heterocycles. The van der Waals surface area contributed by atoms with E-state index in [1.807, 2.05) is 0 Å². The second kappa shape index (κ2) is 5.57. The van der Waals surface area contributed by atoms with Gasteiger partial charge in [-0.05, 0) is 34.1 Å². The number of hydrogen-bond donors (Lipinski definition) is 0. The number of aldehydes is 1. The van der Waals surface area contributed by atoms with Crippen molar-refractivity contribution < 1.29 is 14.5 Å². The van der Waals surface area contributed by atoms with Crippen molar-refractivity contribution in [3.05, 3.63) is 56.7 Å². The number of carbonyl (C=O) groups is 1. The van der Waals surface area contributed by atoms with Crippen molar-refractivity contribution in [2.45, 2.75) is 0 Å². The topological polar surface area (TPSA) is 82.3 Å². The van der Waals surface area contributed by atoms with Crippen LogP contribution in [-0.4, -0.2) is 16.2 Å². The van der Waals surface area contributed by atoms with E-state index in [9.17, 15) is 14.9 Å². The monoisotopic (exact) mass is 322 g/mol. The van der Waals surface area contributed by atoms with Crippen LogP contribution in [0, 0.1) is 10.1 Å². The molecule has 0 fully saturated rings. The molecular formula is C12H7BrN2O4. The summed E-state index contributed by atoms with van der Waals surface area (Å²) in [6.45, 7) is 0. The van der Waals surface area contributed by atoms with E-state index in [0.717, 1.165) is 0 Å². The average molecular weight is 323 g/mol. The SMILES string of the molecule is O=Cc1cccnc1Oc1c(Br)cccc1[N+](=O)[O-]. The number of carbonyl (C=O) groups excluding carboxylic acids is 1. The highest BCUT2D eigenvalue weighted by molar-refractivity contribution is 9.10. The van der Waals surface area contributed by atoms with Gasteiger partial charge in [-0.1, -0.05) is 6.07 Å². The number of nitro benzene ring substituents is 1. The van der Waals surface area contributed by atoms with E-state index in [-0.39, 0.29) is 22.9 Å². The standard InChI is InChI=1S/C12H7BrN2O4/c13-9-4-1-5-10(15(17)18)11(9)19-12-8(7-16)3-2-6-14-12/h1-7H. The van der Waals surface area contributed by atoms with Crippen molar-refractivity contribution >= 4 is 27.9 Å². The lowest BCUT2D eigenvalue weighted by Crippen LogP contribution is -1.97. The van der Waals surface area contributed by atoms with Crippen LogP contribution in [0.3, 0.4) is 0 Å². The van der Waals surface area contributed by atoms with Gasteiger partial charge in [0.25, 0.3) is 0 Å². The molecule has 7 heteroatoms. The molecule has 0 N–H and O–H groups in total. The van der Waals surface area contributed by atoms with Crippen LogP contribution in [0.2, 0.25) is 0 Å². The molecule has 1 aromatic carbocycles. The number of benzene rings is 1. The second-order valence-electron chi connectivity index (χ2n) is 3.46. The van der Waals surface area contributed by atoms with Crippen LogP contribution in [0.25, 0.3) is 0 Å². The highest BCUT2D eigenvalue weighted by atomic mass is 79.9. The van der Waals surface area contributed by atoms with E-state index in [4.69, 9.17) is 4.74 Å². The minimum atomic E-state index is -0.566. The van der Waals surface area contributed by atoms with Crippen molar-refractivity contribution in [1.29, 1.82) is 0 Å². The van der Waals surface area contributed by atoms with Crippen LogP contribution in [0.1, 0.15) is 10.4 Å². The van der Waals surface area contributed by atoms with Gasteiger partial charge in [-0.3, -0.25) is 14.9 Å². The largest absolute Gasteiger partial charge is 0.430 e. The first-order chi connectivity index (χ1) is 9.13. The first-order valence-electron chi connectivity index (χ1n) is 5.14. The van der Waals surface area contributed by atoms with Crippen molar-refractivity contribution in [1.82, 2.24) is 4.98 Å². The Bertz CT molecular complexity index is 645. The maximum atomic E-state index is 10.9. The summed E-state index contributed by atoms with van der Waals surface area (Å²) in [5.74, 6) is 0.0294. The summed E-state index contributed by atoms with van der Waals surface area (Å²) in [5.41, 5.74) is 0.00410. The van der Waals surface area contributed by atoms with E-state index in [2.05, 4.69) is 20.9 Å². The first-order valence-corrected chi connectivity index (χ1v) is 5.93. The van der Waals surface area contributed by atoms with E-state index >= 15 is 0 Å². The number of halogens is 1. The lowest BCUT2D eigenvalue weighted by atomic mass is 10.3. The van der Waals surface area contributed by atoms with E-state index in [1.165, 1.54) is 24.4 Å². The molecule has 6 nitrogen and oxygen atoms in total. The van der Waals surface area contributed by atoms with Crippen LogP contribution < -0.4 is 4.74 Å². The first kappa shape index (κ1) is 13.2. The fraction of sp³-hybridized carbons (Fsp3) is 0. The number of rotatable bonds is 4. The highest BCUT2D eigenvalue weighted by Crippen LogP contribution is 2.37. The maximum Gasteiger partial charge on any atom is 0.312 e. The number of nitrogens with zero attached hydrogens (tertiary/aromatic N) is 2. The summed E-state index contributed by atoms with van der Waals surface area (Å²) in [7, 11) is 0. The lowest BCUT2D eigenvalue weighted by Gasteiger charge is -2.08. The van der Waals surface area contributed by atoms with Gasteiger partial charge >= 0.3 is 5.69 Å². The number of pyridine rings is 1. The third kappa shape index (κ3) is 2.76. The Morgan fingerprint density at radius 3 is 2.79 bits per heavy atom. The van der Waals surface area contributed by atoms with Crippen LogP contribution in [-0.2, 0) is 0 Å². The molecule has 0 aliphatic rings. The Balaban J connectivity index is 2.49. The zero-order valence-corrected chi connectivity index (χ0v) is 11.0. The third-order valence-corrected chi connectivity index (χ3v) is 2.89.